The summed E-state index contributed by atoms with van der Waals surface area (Å²) in [6.07, 6.45) is -2.50. The second-order valence-electron chi connectivity index (χ2n) is 15.6. The number of rotatable bonds is 18. The van der Waals surface area contributed by atoms with Crippen LogP contribution in [-0.4, -0.2) is 67.5 Å². The average molecular weight is 958 g/mol. The van der Waals surface area contributed by atoms with E-state index in [9.17, 15) is 34.4 Å². The van der Waals surface area contributed by atoms with Crippen LogP contribution in [0, 0.1) is 5.92 Å². The first-order valence-electron chi connectivity index (χ1n) is 21.2. The quantitative estimate of drug-likeness (QED) is 0.0755. The Balaban J connectivity index is 0.000000215. The predicted octanol–water partition coefficient (Wildman–Crippen LogP) is 10.1. The fourth-order valence-electron chi connectivity index (χ4n) is 7.39. The van der Waals surface area contributed by atoms with Gasteiger partial charge in [-0.3, -0.25) is 8.61 Å². The van der Waals surface area contributed by atoms with Crippen molar-refractivity contribution < 1.29 is 43.2 Å². The molecule has 7 aromatic rings. The summed E-state index contributed by atoms with van der Waals surface area (Å²) >= 11 is 0. The van der Waals surface area contributed by atoms with Crippen LogP contribution >= 0.6 is 0 Å². The molecule has 0 aliphatic carbocycles. The van der Waals surface area contributed by atoms with Crippen molar-refractivity contribution in [2.24, 2.45) is 5.92 Å². The summed E-state index contributed by atoms with van der Waals surface area (Å²) in [5.74, 6) is -0.894. The predicted molar refractivity (Wildman–Crippen MR) is 247 cm³/mol. The van der Waals surface area contributed by atoms with Crippen molar-refractivity contribution in [2.45, 2.75) is 45.2 Å². The van der Waals surface area contributed by atoms with Crippen LogP contribution in [0.1, 0.15) is 54.2 Å². The number of halogens is 4. The lowest BCUT2D eigenvalue weighted by Gasteiger charge is -2.33. The molecule has 1 aliphatic rings. The van der Waals surface area contributed by atoms with Gasteiger partial charge in [-0.1, -0.05) is 97.6 Å². The molecule has 0 N–H and O–H groups in total. The van der Waals surface area contributed by atoms with Gasteiger partial charge in [-0.15, -0.1) is 20.4 Å². The van der Waals surface area contributed by atoms with E-state index in [0.29, 0.717) is 40.5 Å². The van der Waals surface area contributed by atoms with E-state index in [4.69, 9.17) is 8.83 Å². The molecule has 5 aromatic carbocycles. The smallest absolute Gasteiger partial charge is 0.314 e. The summed E-state index contributed by atoms with van der Waals surface area (Å²) in [7, 11) is -7.34. The van der Waals surface area contributed by atoms with Gasteiger partial charge in [0, 0.05) is 23.1 Å². The van der Waals surface area contributed by atoms with Gasteiger partial charge in [0.15, 0.2) is 0 Å². The van der Waals surface area contributed by atoms with E-state index in [1.54, 1.807) is 91.0 Å². The summed E-state index contributed by atoms with van der Waals surface area (Å²) in [5, 5.41) is 14.8. The second-order valence-corrected chi connectivity index (χ2v) is 19.4. The number of hydrogen-bond acceptors (Lipinski definition) is 11. The number of hydrogen-bond donors (Lipinski definition) is 0. The number of likely N-dealkylation sites (tertiary alicyclic amines) is 1. The molecule has 1 saturated heterocycles. The summed E-state index contributed by atoms with van der Waals surface area (Å²) in [6.45, 7) is 5.84. The van der Waals surface area contributed by atoms with E-state index in [1.807, 2.05) is 24.3 Å². The molecule has 0 unspecified atom stereocenters. The van der Waals surface area contributed by atoms with Crippen LogP contribution < -0.4 is 8.61 Å². The minimum Gasteiger partial charge on any atom is -0.415 e. The Kier molecular flexibility index (Phi) is 16.0. The Morgan fingerprint density at radius 3 is 1.46 bits per heavy atom. The van der Waals surface area contributed by atoms with Crippen LogP contribution in [0.4, 0.5) is 28.9 Å². The number of piperidine rings is 1. The lowest BCUT2D eigenvalue weighted by Crippen LogP contribution is -2.41. The van der Waals surface area contributed by atoms with Gasteiger partial charge >= 0.3 is 12.9 Å². The number of benzene rings is 5. The fourth-order valence-corrected chi connectivity index (χ4v) is 9.81. The maximum Gasteiger partial charge on any atom is 0.314 e. The first kappa shape index (κ1) is 48.2. The van der Waals surface area contributed by atoms with Crippen molar-refractivity contribution in [3.8, 4) is 22.9 Å². The van der Waals surface area contributed by atoms with E-state index in [2.05, 4.69) is 56.1 Å². The first-order chi connectivity index (χ1) is 32.3. The second kappa shape index (κ2) is 22.2. The zero-order valence-electron chi connectivity index (χ0n) is 36.1. The molecule has 350 valence electrons. The van der Waals surface area contributed by atoms with Gasteiger partial charge in [0.2, 0.25) is 21.8 Å². The minimum absolute atomic E-state index is 0.0121. The normalized spacial score (nSPS) is 13.6. The van der Waals surface area contributed by atoms with Gasteiger partial charge in [-0.2, -0.15) is 17.6 Å². The van der Waals surface area contributed by atoms with Crippen molar-refractivity contribution in [2.75, 3.05) is 34.0 Å². The average Bonchev–Trinajstić information content (AvgIpc) is 4.06. The monoisotopic (exact) mass is 957 g/mol. The van der Waals surface area contributed by atoms with Crippen LogP contribution in [0.5, 0.6) is 0 Å². The molecule has 2 aromatic heterocycles. The van der Waals surface area contributed by atoms with Crippen molar-refractivity contribution >= 4 is 31.4 Å². The topological polar surface area (TPSA) is 156 Å². The van der Waals surface area contributed by atoms with Crippen molar-refractivity contribution in [3.05, 3.63) is 180 Å². The Morgan fingerprint density at radius 1 is 0.597 bits per heavy atom. The highest BCUT2D eigenvalue weighted by Gasteiger charge is 2.27. The molecule has 0 radical (unpaired) electrons. The van der Waals surface area contributed by atoms with Gasteiger partial charge in [0.1, 0.15) is 0 Å². The highest BCUT2D eigenvalue weighted by atomic mass is 32.2. The molecule has 1 aliphatic heterocycles. The summed E-state index contributed by atoms with van der Waals surface area (Å²) in [5.41, 5.74) is 4.80. The van der Waals surface area contributed by atoms with E-state index < -0.39 is 44.7 Å². The largest absolute Gasteiger partial charge is 0.415 e. The molecular formula is C48H47F4N7O6S2. The van der Waals surface area contributed by atoms with Crippen LogP contribution in [0.3, 0.4) is 0 Å². The number of nitrogens with zero attached hydrogens (tertiary/aromatic N) is 7. The van der Waals surface area contributed by atoms with Gasteiger partial charge < -0.3 is 13.7 Å². The number of aromatic nitrogens is 4. The molecule has 1 fully saturated rings. The number of alkyl halides is 4. The molecule has 67 heavy (non-hydrogen) atoms. The molecule has 3 heterocycles. The zero-order valence-corrected chi connectivity index (χ0v) is 37.7. The molecule has 0 amide bonds. The fraction of sp³-hybridized carbons (Fsp3) is 0.250. The third-order valence-corrected chi connectivity index (χ3v) is 14.1. The van der Waals surface area contributed by atoms with Gasteiger partial charge in [0.25, 0.3) is 21.8 Å². The maximum atomic E-state index is 13.6. The molecule has 0 saturated carbocycles. The third kappa shape index (κ3) is 13.0. The van der Waals surface area contributed by atoms with Crippen LogP contribution in [0.25, 0.3) is 22.9 Å². The van der Waals surface area contributed by atoms with Crippen LogP contribution in [-0.2, 0) is 39.6 Å². The van der Waals surface area contributed by atoms with E-state index in [1.165, 1.54) is 14.2 Å². The lowest BCUT2D eigenvalue weighted by atomic mass is 9.90. The Labute approximate surface area is 386 Å². The van der Waals surface area contributed by atoms with E-state index in [-0.39, 0.29) is 30.6 Å². The molecular weight excluding hydrogens is 911 g/mol. The van der Waals surface area contributed by atoms with Crippen LogP contribution in [0.15, 0.2) is 160 Å². The van der Waals surface area contributed by atoms with Gasteiger partial charge in [0.05, 0.1) is 30.2 Å². The van der Waals surface area contributed by atoms with Crippen molar-refractivity contribution in [3.63, 3.8) is 0 Å². The summed E-state index contributed by atoms with van der Waals surface area (Å²) in [6, 6.07) is 41.5. The number of para-hydroxylation sites is 2. The zero-order chi connectivity index (χ0) is 47.4. The lowest BCUT2D eigenvalue weighted by molar-refractivity contribution is 0.115. The number of anilines is 2. The summed E-state index contributed by atoms with van der Waals surface area (Å²) in [4.78, 5) is 2.25. The molecule has 0 atom stereocenters. The Hall–Kier alpha value is -6.70. The van der Waals surface area contributed by atoms with Crippen LogP contribution in [0.2, 0.25) is 0 Å². The minimum atomic E-state index is -3.71. The van der Waals surface area contributed by atoms with E-state index >= 15 is 0 Å². The SMILES string of the molecule is C=CS(=O)(=O)N(Cc1ccc(-c2nnc(C(F)F)o2)cc1)c1ccccc1.O=S(=O)(CCN1CCC(Cc2ccccc2)CC1)N(Cc1ccc(-c2nnc(C(F)F)o2)cc1)c1ccccc1. The van der Waals surface area contributed by atoms with Gasteiger partial charge in [-0.05, 0) is 103 Å². The molecule has 13 nitrogen and oxygen atoms in total. The molecule has 8 rings (SSSR count). The first-order valence-corrected chi connectivity index (χ1v) is 24.3. The standard InChI is InChI=1S/C30H32F2N4O3S.C18H15F2N3O3S/c31-28(32)30-34-33-29(39-30)26-13-11-25(12-14-26)22-36(27-9-5-2-6-10-27)40(37,38)20-19-35-17-15-24(16-18-35)21-23-7-3-1-4-8-23;1-2-27(24,25)23(15-6-4-3-5-7-15)12-13-8-10-14(11-9-13)17-21-22-18(26-17)16(19)20/h1-14,24,28H,15-22H2;2-11,16H,1,12H2. The third-order valence-electron chi connectivity index (χ3n) is 11.0. The van der Waals surface area contributed by atoms with Crippen molar-refractivity contribution in [1.82, 2.24) is 25.3 Å². The highest BCUT2D eigenvalue weighted by molar-refractivity contribution is 7.95. The maximum absolute atomic E-state index is 13.6. The number of sulfonamides is 2. The van der Waals surface area contributed by atoms with E-state index in [0.717, 1.165) is 43.3 Å². The highest BCUT2D eigenvalue weighted by Crippen LogP contribution is 2.29. The van der Waals surface area contributed by atoms with Gasteiger partial charge in [-0.25, -0.2) is 16.8 Å². The van der Waals surface area contributed by atoms with Crippen molar-refractivity contribution in [1.29, 1.82) is 0 Å². The molecule has 0 bridgehead atoms. The Morgan fingerprint density at radius 2 is 1.03 bits per heavy atom. The molecule has 0 spiro atoms. The Bertz CT molecular complexity index is 2870. The summed E-state index contributed by atoms with van der Waals surface area (Å²) < 4.78 is 115. The molecule has 19 heteroatoms.